The molecule has 0 unspecified atom stereocenters. The largest absolute Gasteiger partial charge is 0.481 e. The van der Waals surface area contributed by atoms with Crippen LogP contribution in [0, 0.1) is 11.2 Å². The highest BCUT2D eigenvalue weighted by molar-refractivity contribution is 5.89. The smallest absolute Gasteiger partial charge is 0.309 e. The van der Waals surface area contributed by atoms with Gasteiger partial charge in [0.25, 0.3) is 0 Å². The van der Waals surface area contributed by atoms with Crippen LogP contribution in [0.3, 0.4) is 0 Å². The minimum Gasteiger partial charge on any atom is -0.481 e. The molecule has 5 aromatic rings. The van der Waals surface area contributed by atoms with Crippen LogP contribution >= 0.6 is 0 Å². The summed E-state index contributed by atoms with van der Waals surface area (Å²) in [6.45, 7) is 1.83. The Morgan fingerprint density at radius 1 is 1.21 bits per heavy atom. The summed E-state index contributed by atoms with van der Waals surface area (Å²) in [5.74, 6) is -0.859. The molecule has 4 heterocycles. The van der Waals surface area contributed by atoms with Crippen LogP contribution < -0.4 is 0 Å². The second-order valence-electron chi connectivity index (χ2n) is 9.23. The van der Waals surface area contributed by atoms with Crippen molar-refractivity contribution in [2.24, 2.45) is 5.41 Å². The van der Waals surface area contributed by atoms with Crippen molar-refractivity contribution in [1.82, 2.24) is 24.6 Å². The van der Waals surface area contributed by atoms with Crippen LogP contribution in [0.1, 0.15) is 44.2 Å². The molecule has 7 nitrogen and oxygen atoms in total. The lowest BCUT2D eigenvalue weighted by atomic mass is 9.70. The van der Waals surface area contributed by atoms with Crippen LogP contribution in [-0.2, 0) is 4.79 Å². The van der Waals surface area contributed by atoms with Crippen molar-refractivity contribution in [2.45, 2.75) is 38.5 Å². The lowest BCUT2D eigenvalue weighted by Crippen LogP contribution is -2.32. The summed E-state index contributed by atoms with van der Waals surface area (Å²) in [5.41, 5.74) is 4.20. The van der Waals surface area contributed by atoms with E-state index in [0.717, 1.165) is 46.2 Å². The number of fused-ring (bicyclic) bond motifs is 4. The summed E-state index contributed by atoms with van der Waals surface area (Å²) >= 11 is 0. The van der Waals surface area contributed by atoms with Crippen LogP contribution in [0.2, 0.25) is 0 Å². The van der Waals surface area contributed by atoms with Crippen molar-refractivity contribution in [3.05, 3.63) is 60.4 Å². The normalized spacial score (nSPS) is 21.2. The number of H-pyrrole nitrogens is 1. The molecule has 0 spiro atoms. The molecular formula is C25H22FN5O2. The van der Waals surface area contributed by atoms with E-state index in [1.807, 2.05) is 25.3 Å². The Morgan fingerprint density at radius 2 is 2.03 bits per heavy atom. The number of nitrogens with zero attached hydrogens (tertiary/aromatic N) is 4. The molecule has 0 amide bonds. The van der Waals surface area contributed by atoms with E-state index >= 15 is 0 Å². The van der Waals surface area contributed by atoms with E-state index in [-0.39, 0.29) is 11.7 Å². The molecule has 0 bridgehead atoms. The molecule has 0 saturated heterocycles. The topological polar surface area (TPSA) is 96.2 Å². The Balaban J connectivity index is 1.48. The molecule has 2 N–H and O–H groups in total. The number of hydrogen-bond donors (Lipinski definition) is 2. The van der Waals surface area contributed by atoms with Gasteiger partial charge in [0.05, 0.1) is 22.8 Å². The van der Waals surface area contributed by atoms with Gasteiger partial charge in [-0.25, -0.2) is 9.37 Å². The molecular weight excluding hydrogens is 421 g/mol. The quantitative estimate of drug-likeness (QED) is 0.394. The van der Waals surface area contributed by atoms with Crippen LogP contribution in [0.4, 0.5) is 4.39 Å². The van der Waals surface area contributed by atoms with Crippen molar-refractivity contribution in [1.29, 1.82) is 0 Å². The first kappa shape index (κ1) is 19.8. The standard InChI is InChI=1S/C25H22FN5O2/c1-25(24(32)33)7-4-14(5-8-25)21-18-6-9-27-22(18)31-23(30-21)19(13-29-31)16-10-15-11-17(26)2-3-20(15)28-12-16/h2-3,6,9-14,27H,4-5,7-8H2,1H3,(H,32,33). The van der Waals surface area contributed by atoms with E-state index in [9.17, 15) is 14.3 Å². The van der Waals surface area contributed by atoms with Gasteiger partial charge < -0.3 is 10.1 Å². The molecule has 166 valence electrons. The third-order valence-electron chi connectivity index (χ3n) is 7.13. The first-order valence-electron chi connectivity index (χ1n) is 11.1. The maximum Gasteiger partial charge on any atom is 0.309 e. The van der Waals surface area contributed by atoms with E-state index in [2.05, 4.69) is 15.1 Å². The number of rotatable bonds is 3. The maximum atomic E-state index is 13.8. The fourth-order valence-electron chi connectivity index (χ4n) is 5.04. The second kappa shape index (κ2) is 7.10. The summed E-state index contributed by atoms with van der Waals surface area (Å²) in [6, 6.07) is 8.45. The highest BCUT2D eigenvalue weighted by Crippen LogP contribution is 2.44. The lowest BCUT2D eigenvalue weighted by molar-refractivity contribution is -0.149. The fourth-order valence-corrected chi connectivity index (χ4v) is 5.04. The SMILES string of the molecule is CC1(C(=O)O)CCC(c2nc3c(-c4cnc5ccc(F)cc5c4)cnn3c3[nH]ccc23)CC1. The summed E-state index contributed by atoms with van der Waals surface area (Å²) in [6.07, 6.45) is 8.18. The van der Waals surface area contributed by atoms with E-state index in [1.54, 1.807) is 23.0 Å². The van der Waals surface area contributed by atoms with Crippen LogP contribution in [0.5, 0.6) is 0 Å². The van der Waals surface area contributed by atoms with Gasteiger partial charge >= 0.3 is 5.97 Å². The van der Waals surface area contributed by atoms with Crippen molar-refractivity contribution in [3.63, 3.8) is 0 Å². The van der Waals surface area contributed by atoms with Crippen molar-refractivity contribution in [3.8, 4) is 11.1 Å². The number of benzene rings is 1. The van der Waals surface area contributed by atoms with Crippen molar-refractivity contribution in [2.75, 3.05) is 0 Å². The number of pyridine rings is 1. The Hall–Kier alpha value is -3.81. The van der Waals surface area contributed by atoms with Gasteiger partial charge in [-0.15, -0.1) is 0 Å². The second-order valence-corrected chi connectivity index (χ2v) is 9.23. The zero-order valence-corrected chi connectivity index (χ0v) is 18.0. The van der Waals surface area contributed by atoms with Gasteiger partial charge in [-0.1, -0.05) is 0 Å². The van der Waals surface area contributed by atoms with E-state index in [4.69, 9.17) is 4.98 Å². The Morgan fingerprint density at radius 3 is 2.82 bits per heavy atom. The molecule has 33 heavy (non-hydrogen) atoms. The number of aromatic nitrogens is 5. The number of carbonyl (C=O) groups is 1. The summed E-state index contributed by atoms with van der Waals surface area (Å²) in [5, 5.41) is 15.9. The molecule has 1 aliphatic rings. The summed E-state index contributed by atoms with van der Waals surface area (Å²) < 4.78 is 15.6. The van der Waals surface area contributed by atoms with E-state index in [1.165, 1.54) is 12.1 Å². The van der Waals surface area contributed by atoms with Gasteiger partial charge in [-0.05, 0) is 62.9 Å². The summed E-state index contributed by atoms with van der Waals surface area (Å²) in [7, 11) is 0. The number of halogens is 1. The van der Waals surface area contributed by atoms with Gasteiger partial charge in [0.15, 0.2) is 5.65 Å². The van der Waals surface area contributed by atoms with Gasteiger partial charge in [0.2, 0.25) is 0 Å². The first-order valence-corrected chi connectivity index (χ1v) is 11.1. The Bertz CT molecular complexity index is 1550. The molecule has 1 saturated carbocycles. The van der Waals surface area contributed by atoms with Crippen molar-refractivity contribution < 1.29 is 14.3 Å². The zero-order chi connectivity index (χ0) is 22.7. The van der Waals surface area contributed by atoms with Gasteiger partial charge in [0, 0.05) is 40.2 Å². The third-order valence-corrected chi connectivity index (χ3v) is 7.13. The maximum absolute atomic E-state index is 13.8. The fraction of sp³-hybridized carbons (Fsp3) is 0.280. The van der Waals surface area contributed by atoms with Gasteiger partial charge in [-0.2, -0.15) is 9.61 Å². The third kappa shape index (κ3) is 3.08. The number of nitrogens with one attached hydrogen (secondary N) is 1. The molecule has 8 heteroatoms. The van der Waals surface area contributed by atoms with Crippen LogP contribution in [0.15, 0.2) is 48.9 Å². The number of aromatic amines is 1. The average molecular weight is 443 g/mol. The number of carboxylic acid groups (broad SMARTS) is 1. The molecule has 1 fully saturated rings. The minimum atomic E-state index is -0.727. The minimum absolute atomic E-state index is 0.173. The first-order chi connectivity index (χ1) is 15.9. The molecule has 0 radical (unpaired) electrons. The van der Waals surface area contributed by atoms with E-state index in [0.29, 0.717) is 23.9 Å². The van der Waals surface area contributed by atoms with E-state index < -0.39 is 11.4 Å². The molecule has 0 aliphatic heterocycles. The molecule has 0 atom stereocenters. The number of hydrogen-bond acceptors (Lipinski definition) is 4. The monoisotopic (exact) mass is 443 g/mol. The predicted octanol–water partition coefficient (Wildman–Crippen LogP) is 5.31. The highest BCUT2D eigenvalue weighted by Gasteiger charge is 2.38. The zero-order valence-electron chi connectivity index (χ0n) is 18.0. The van der Waals surface area contributed by atoms with Gasteiger partial charge in [-0.3, -0.25) is 9.78 Å². The van der Waals surface area contributed by atoms with Crippen molar-refractivity contribution >= 4 is 33.6 Å². The average Bonchev–Trinajstić information content (AvgIpc) is 3.45. The van der Waals surface area contributed by atoms with Gasteiger partial charge in [0.1, 0.15) is 11.5 Å². The highest BCUT2D eigenvalue weighted by atomic mass is 19.1. The molecule has 4 aromatic heterocycles. The summed E-state index contributed by atoms with van der Waals surface area (Å²) in [4.78, 5) is 24.5. The molecule has 1 aromatic carbocycles. The van der Waals surface area contributed by atoms with Crippen LogP contribution in [-0.4, -0.2) is 35.6 Å². The lowest BCUT2D eigenvalue weighted by Gasteiger charge is -2.33. The molecule has 6 rings (SSSR count). The molecule has 1 aliphatic carbocycles. The number of carboxylic acids is 1. The predicted molar refractivity (Wildman–Crippen MR) is 122 cm³/mol. The number of aliphatic carboxylic acids is 1. The Labute approximate surface area is 188 Å². The Kier molecular flexibility index (Phi) is 4.27. The van der Waals surface area contributed by atoms with Crippen LogP contribution in [0.25, 0.3) is 38.7 Å².